The minimum Gasteiger partial charge on any atom is -0.398 e. The molecule has 0 radical (unpaired) electrons. The average Bonchev–Trinajstić information content (AvgIpc) is 2.60. The van der Waals surface area contributed by atoms with E-state index in [-0.39, 0.29) is 16.8 Å². The van der Waals surface area contributed by atoms with Crippen LogP contribution in [0.25, 0.3) is 11.3 Å². The molecule has 0 saturated carbocycles. The lowest BCUT2D eigenvalue weighted by Crippen LogP contribution is -2.58. The number of aromatic nitrogens is 1. The van der Waals surface area contributed by atoms with Crippen molar-refractivity contribution in [2.24, 2.45) is 0 Å². The third-order valence-electron chi connectivity index (χ3n) is 3.80. The van der Waals surface area contributed by atoms with Crippen molar-refractivity contribution in [1.29, 1.82) is 0 Å². The van der Waals surface area contributed by atoms with Gasteiger partial charge in [-0.2, -0.15) is 13.2 Å². The molecule has 0 aliphatic carbocycles. The lowest BCUT2D eigenvalue weighted by molar-refractivity contribution is -0.136. The Morgan fingerprint density at radius 3 is 2.26 bits per heavy atom. The lowest BCUT2D eigenvalue weighted by atomic mass is 10.0. The summed E-state index contributed by atoms with van der Waals surface area (Å²) in [6.07, 6.45) is -3.45. The summed E-state index contributed by atoms with van der Waals surface area (Å²) >= 11 is 0. The monoisotopic (exact) mass is 387 g/mol. The third kappa shape index (κ3) is 4.53. The normalized spacial score (nSPS) is 15.4. The van der Waals surface area contributed by atoms with Crippen molar-refractivity contribution < 1.29 is 26.7 Å². The number of halogens is 5. The molecule has 0 unspecified atom stereocenters. The molecule has 146 valence electrons. The Labute approximate surface area is 152 Å². The van der Waals surface area contributed by atoms with Crippen molar-refractivity contribution in [3.8, 4) is 11.3 Å². The quantitative estimate of drug-likeness (QED) is 0.611. The zero-order chi connectivity index (χ0) is 20.4. The Kier molecular flexibility index (Phi) is 5.72. The first-order valence-corrected chi connectivity index (χ1v) is 8.17. The summed E-state index contributed by atoms with van der Waals surface area (Å²) in [5.41, 5.74) is 4.43. The Morgan fingerprint density at radius 1 is 1.15 bits per heavy atom. The van der Waals surface area contributed by atoms with Crippen molar-refractivity contribution in [1.82, 2.24) is 9.88 Å². The van der Waals surface area contributed by atoms with E-state index in [9.17, 15) is 26.7 Å². The first kappa shape index (κ1) is 20.6. The molecule has 4 nitrogen and oxygen atoms in total. The van der Waals surface area contributed by atoms with Gasteiger partial charge in [0.15, 0.2) is 0 Å². The summed E-state index contributed by atoms with van der Waals surface area (Å²) < 4.78 is 64.3. The number of carbonyl (C=O) groups is 1. The van der Waals surface area contributed by atoms with Crippen molar-refractivity contribution in [2.45, 2.75) is 25.9 Å². The van der Waals surface area contributed by atoms with Gasteiger partial charge in [-0.15, -0.1) is 0 Å². The van der Waals surface area contributed by atoms with E-state index >= 15 is 0 Å². The lowest BCUT2D eigenvalue weighted by Gasteiger charge is -2.38. The standard InChI is InChI=1S/C16H12F5N3O.C2H6/c17-15(18)7-24(8-15)14(25)10-2-4-13(23-6-10)9-1-3-12(22)11(5-9)16(19,20)21;1-2/h1-6H,7-8,22H2;1-2H3. The molecule has 1 aromatic heterocycles. The van der Waals surface area contributed by atoms with Crippen LogP contribution in [0.5, 0.6) is 0 Å². The van der Waals surface area contributed by atoms with Crippen LogP contribution in [0, 0.1) is 0 Å². The van der Waals surface area contributed by atoms with Crippen LogP contribution >= 0.6 is 0 Å². The highest BCUT2D eigenvalue weighted by molar-refractivity contribution is 5.94. The molecule has 2 aromatic rings. The highest BCUT2D eigenvalue weighted by atomic mass is 19.4. The van der Waals surface area contributed by atoms with Gasteiger partial charge in [0, 0.05) is 17.4 Å². The van der Waals surface area contributed by atoms with Crippen molar-refractivity contribution in [3.63, 3.8) is 0 Å². The number of amides is 1. The number of likely N-dealkylation sites (tertiary alicyclic amines) is 1. The van der Waals surface area contributed by atoms with Gasteiger partial charge in [-0.1, -0.05) is 19.9 Å². The predicted octanol–water partition coefficient (Wildman–Crippen LogP) is 4.47. The van der Waals surface area contributed by atoms with Crippen LogP contribution in [-0.4, -0.2) is 34.8 Å². The van der Waals surface area contributed by atoms with Gasteiger partial charge in [0.05, 0.1) is 29.9 Å². The molecule has 0 spiro atoms. The molecule has 2 heterocycles. The fourth-order valence-electron chi connectivity index (χ4n) is 2.49. The average molecular weight is 387 g/mol. The van der Waals surface area contributed by atoms with Crippen LogP contribution in [0.3, 0.4) is 0 Å². The van der Waals surface area contributed by atoms with Crippen LogP contribution in [0.4, 0.5) is 27.6 Å². The number of rotatable bonds is 2. The molecular weight excluding hydrogens is 369 g/mol. The fourth-order valence-corrected chi connectivity index (χ4v) is 2.49. The molecule has 2 N–H and O–H groups in total. The summed E-state index contributed by atoms with van der Waals surface area (Å²) in [5.74, 6) is -3.47. The number of anilines is 1. The van der Waals surface area contributed by atoms with Gasteiger partial charge in [-0.3, -0.25) is 9.78 Å². The number of hydrogen-bond donors (Lipinski definition) is 1. The van der Waals surface area contributed by atoms with Crippen LogP contribution < -0.4 is 5.73 Å². The highest BCUT2D eigenvalue weighted by Gasteiger charge is 2.46. The molecular formula is C18H18F5N3O. The third-order valence-corrected chi connectivity index (χ3v) is 3.80. The zero-order valence-electron chi connectivity index (χ0n) is 14.6. The van der Waals surface area contributed by atoms with Gasteiger partial charge in [0.1, 0.15) is 0 Å². The number of nitrogens with zero attached hydrogens (tertiary/aromatic N) is 2. The molecule has 1 saturated heterocycles. The number of benzene rings is 1. The molecule has 1 amide bonds. The molecule has 1 aliphatic heterocycles. The topological polar surface area (TPSA) is 59.2 Å². The minimum atomic E-state index is -4.60. The number of pyridine rings is 1. The summed E-state index contributed by atoms with van der Waals surface area (Å²) in [6, 6.07) is 6.07. The Balaban J connectivity index is 0.00000126. The van der Waals surface area contributed by atoms with Gasteiger partial charge in [0.2, 0.25) is 0 Å². The van der Waals surface area contributed by atoms with Gasteiger partial charge < -0.3 is 10.6 Å². The second kappa shape index (κ2) is 7.50. The maximum absolute atomic E-state index is 12.9. The molecule has 0 bridgehead atoms. The van der Waals surface area contributed by atoms with Gasteiger partial charge in [-0.05, 0) is 24.3 Å². The number of nitrogens with two attached hydrogens (primary N) is 1. The summed E-state index contributed by atoms with van der Waals surface area (Å²) in [6.45, 7) is 2.70. The Hall–Kier alpha value is -2.71. The molecule has 1 aliphatic rings. The van der Waals surface area contributed by atoms with E-state index < -0.39 is 42.3 Å². The molecule has 0 atom stereocenters. The molecule has 9 heteroatoms. The van der Waals surface area contributed by atoms with E-state index in [1.165, 1.54) is 18.2 Å². The van der Waals surface area contributed by atoms with E-state index in [0.717, 1.165) is 23.2 Å². The fraction of sp³-hybridized carbons (Fsp3) is 0.333. The van der Waals surface area contributed by atoms with Gasteiger partial charge >= 0.3 is 6.18 Å². The highest BCUT2D eigenvalue weighted by Crippen LogP contribution is 2.36. The molecule has 3 rings (SSSR count). The zero-order valence-corrected chi connectivity index (χ0v) is 14.6. The van der Waals surface area contributed by atoms with E-state index in [1.54, 1.807) is 0 Å². The van der Waals surface area contributed by atoms with E-state index in [2.05, 4.69) is 4.98 Å². The molecule has 1 fully saturated rings. The van der Waals surface area contributed by atoms with E-state index in [0.29, 0.717) is 0 Å². The van der Waals surface area contributed by atoms with E-state index in [1.807, 2.05) is 13.8 Å². The van der Waals surface area contributed by atoms with E-state index in [4.69, 9.17) is 5.73 Å². The van der Waals surface area contributed by atoms with Crippen molar-refractivity contribution >= 4 is 11.6 Å². The number of alkyl halides is 5. The predicted molar refractivity (Wildman–Crippen MR) is 91.3 cm³/mol. The second-order valence-corrected chi connectivity index (χ2v) is 5.75. The number of hydrogen-bond acceptors (Lipinski definition) is 3. The molecule has 1 aromatic carbocycles. The van der Waals surface area contributed by atoms with Crippen molar-refractivity contribution in [2.75, 3.05) is 18.8 Å². The van der Waals surface area contributed by atoms with Gasteiger partial charge in [0.25, 0.3) is 11.8 Å². The van der Waals surface area contributed by atoms with Crippen LogP contribution in [0.2, 0.25) is 0 Å². The summed E-state index contributed by atoms with van der Waals surface area (Å²) in [7, 11) is 0. The first-order chi connectivity index (χ1) is 12.6. The SMILES string of the molecule is CC.Nc1ccc(-c2ccc(C(=O)N3CC(F)(F)C3)cn2)cc1C(F)(F)F. The van der Waals surface area contributed by atoms with Crippen LogP contribution in [0.15, 0.2) is 36.5 Å². The second-order valence-electron chi connectivity index (χ2n) is 5.75. The number of nitrogen functional groups attached to an aromatic ring is 1. The first-order valence-electron chi connectivity index (χ1n) is 8.17. The maximum atomic E-state index is 12.9. The Bertz CT molecular complexity index is 811. The largest absolute Gasteiger partial charge is 0.418 e. The number of carbonyl (C=O) groups excluding carboxylic acids is 1. The van der Waals surface area contributed by atoms with Crippen molar-refractivity contribution in [3.05, 3.63) is 47.7 Å². The van der Waals surface area contributed by atoms with Crippen LogP contribution in [0.1, 0.15) is 29.8 Å². The maximum Gasteiger partial charge on any atom is 0.418 e. The van der Waals surface area contributed by atoms with Crippen LogP contribution in [-0.2, 0) is 6.18 Å². The van der Waals surface area contributed by atoms with Gasteiger partial charge in [-0.25, -0.2) is 8.78 Å². The smallest absolute Gasteiger partial charge is 0.398 e. The minimum absolute atomic E-state index is 0.0886. The Morgan fingerprint density at radius 2 is 1.78 bits per heavy atom. The summed E-state index contributed by atoms with van der Waals surface area (Å²) in [4.78, 5) is 16.9. The molecule has 27 heavy (non-hydrogen) atoms. The summed E-state index contributed by atoms with van der Waals surface area (Å²) in [5, 5.41) is 0.